The average molecular weight is 266 g/mol. The first-order valence-electron chi connectivity index (χ1n) is 5.76. The standard InChI is InChI=1S/C12H14N2O5/c1-6-2-3-7(4-13)11(18)14(6)12-10(17)9(16)8(5-15)19-12/h2-3,8-10,12,15-17H,5H2,1H3/t8-,9-,10-,12-/m1/s1. The summed E-state index contributed by atoms with van der Waals surface area (Å²) in [6.07, 6.45) is -4.71. The van der Waals surface area contributed by atoms with Crippen LogP contribution in [0.15, 0.2) is 16.9 Å². The molecule has 1 aliphatic rings. The van der Waals surface area contributed by atoms with E-state index in [1.807, 2.05) is 0 Å². The van der Waals surface area contributed by atoms with Gasteiger partial charge in [-0.15, -0.1) is 0 Å². The molecular weight excluding hydrogens is 252 g/mol. The van der Waals surface area contributed by atoms with Gasteiger partial charge in [0, 0.05) is 5.69 Å². The van der Waals surface area contributed by atoms with Crippen molar-refractivity contribution < 1.29 is 20.1 Å². The first kappa shape index (κ1) is 13.7. The fraction of sp³-hybridized carbons (Fsp3) is 0.500. The fourth-order valence-electron chi connectivity index (χ4n) is 2.14. The van der Waals surface area contributed by atoms with E-state index in [0.717, 1.165) is 4.57 Å². The maximum atomic E-state index is 12.1. The summed E-state index contributed by atoms with van der Waals surface area (Å²) in [5.74, 6) is 0. The zero-order valence-electron chi connectivity index (χ0n) is 10.2. The minimum Gasteiger partial charge on any atom is -0.394 e. The molecule has 0 spiro atoms. The Hall–Kier alpha value is -1.72. The molecule has 0 saturated carbocycles. The lowest BCUT2D eigenvalue weighted by atomic mass is 10.1. The van der Waals surface area contributed by atoms with Crippen molar-refractivity contribution in [2.24, 2.45) is 0 Å². The number of hydrogen-bond acceptors (Lipinski definition) is 6. The highest BCUT2D eigenvalue weighted by molar-refractivity contribution is 5.27. The molecular formula is C12H14N2O5. The Labute approximate surface area is 108 Å². The van der Waals surface area contributed by atoms with E-state index in [0.29, 0.717) is 5.69 Å². The first-order chi connectivity index (χ1) is 9.01. The maximum Gasteiger partial charge on any atom is 0.270 e. The molecule has 1 fully saturated rings. The van der Waals surface area contributed by atoms with Gasteiger partial charge in [0.15, 0.2) is 6.23 Å². The van der Waals surface area contributed by atoms with E-state index in [9.17, 15) is 15.0 Å². The summed E-state index contributed by atoms with van der Waals surface area (Å²) in [6.45, 7) is 1.15. The van der Waals surface area contributed by atoms with Crippen molar-refractivity contribution in [3.05, 3.63) is 33.7 Å². The van der Waals surface area contributed by atoms with Crippen LogP contribution in [-0.4, -0.2) is 44.8 Å². The highest BCUT2D eigenvalue weighted by atomic mass is 16.6. The predicted molar refractivity (Wildman–Crippen MR) is 63.2 cm³/mol. The second-order valence-electron chi connectivity index (χ2n) is 4.40. The highest BCUT2D eigenvalue weighted by Crippen LogP contribution is 2.29. The number of ether oxygens (including phenoxy) is 1. The van der Waals surface area contributed by atoms with Gasteiger partial charge in [-0.05, 0) is 19.1 Å². The summed E-state index contributed by atoms with van der Waals surface area (Å²) in [5.41, 5.74) is -0.195. The molecule has 7 nitrogen and oxygen atoms in total. The quantitative estimate of drug-likeness (QED) is 0.609. The number of nitrogens with zero attached hydrogens (tertiary/aromatic N) is 2. The Morgan fingerprint density at radius 3 is 2.63 bits per heavy atom. The van der Waals surface area contributed by atoms with Crippen molar-refractivity contribution >= 4 is 0 Å². The highest BCUT2D eigenvalue weighted by Gasteiger charge is 2.44. The van der Waals surface area contributed by atoms with E-state index in [1.54, 1.807) is 19.1 Å². The maximum absolute atomic E-state index is 12.1. The Morgan fingerprint density at radius 2 is 2.11 bits per heavy atom. The number of hydrogen-bond donors (Lipinski definition) is 3. The predicted octanol–water partition coefficient (Wildman–Crippen LogP) is -1.36. The van der Waals surface area contributed by atoms with Crippen molar-refractivity contribution in [1.29, 1.82) is 5.26 Å². The third-order valence-electron chi connectivity index (χ3n) is 3.21. The van der Waals surface area contributed by atoms with E-state index in [1.165, 1.54) is 6.07 Å². The van der Waals surface area contributed by atoms with Crippen LogP contribution in [0.4, 0.5) is 0 Å². The van der Waals surface area contributed by atoms with Gasteiger partial charge in [0.25, 0.3) is 5.56 Å². The number of aliphatic hydroxyl groups is 3. The van der Waals surface area contributed by atoms with Crippen LogP contribution in [0.1, 0.15) is 17.5 Å². The molecule has 0 aliphatic carbocycles. The summed E-state index contributed by atoms with van der Waals surface area (Å²) < 4.78 is 6.40. The van der Waals surface area contributed by atoms with Crippen LogP contribution in [0.5, 0.6) is 0 Å². The number of pyridine rings is 1. The molecule has 0 unspecified atom stereocenters. The summed E-state index contributed by atoms with van der Waals surface area (Å²) >= 11 is 0. The molecule has 0 amide bonds. The molecule has 3 N–H and O–H groups in total. The number of nitriles is 1. The Kier molecular flexibility index (Phi) is 3.68. The van der Waals surface area contributed by atoms with Crippen LogP contribution in [0, 0.1) is 18.3 Å². The molecule has 0 aromatic carbocycles. The molecule has 0 bridgehead atoms. The normalized spacial score (nSPS) is 30.3. The molecule has 19 heavy (non-hydrogen) atoms. The van der Waals surface area contributed by atoms with Crippen LogP contribution in [-0.2, 0) is 4.74 Å². The number of aryl methyl sites for hydroxylation is 1. The molecule has 1 aromatic heterocycles. The van der Waals surface area contributed by atoms with Crippen LogP contribution in [0.25, 0.3) is 0 Å². The van der Waals surface area contributed by atoms with Gasteiger partial charge >= 0.3 is 0 Å². The van der Waals surface area contributed by atoms with Gasteiger partial charge in [0.1, 0.15) is 29.9 Å². The van der Waals surface area contributed by atoms with E-state index >= 15 is 0 Å². The smallest absolute Gasteiger partial charge is 0.270 e. The number of aromatic nitrogens is 1. The Balaban J connectivity index is 2.49. The lowest BCUT2D eigenvalue weighted by Crippen LogP contribution is -2.36. The molecule has 1 saturated heterocycles. The first-order valence-corrected chi connectivity index (χ1v) is 5.76. The minimum absolute atomic E-state index is 0.0802. The van der Waals surface area contributed by atoms with Gasteiger partial charge in [0.2, 0.25) is 0 Å². The third kappa shape index (κ3) is 2.15. The Bertz CT molecular complexity index is 576. The Morgan fingerprint density at radius 1 is 1.42 bits per heavy atom. The van der Waals surface area contributed by atoms with Crippen molar-refractivity contribution in [2.45, 2.75) is 31.5 Å². The van der Waals surface area contributed by atoms with E-state index in [-0.39, 0.29) is 5.56 Å². The lowest BCUT2D eigenvalue weighted by molar-refractivity contribution is -0.0553. The van der Waals surface area contributed by atoms with Crippen molar-refractivity contribution in [3.63, 3.8) is 0 Å². The topological polar surface area (TPSA) is 116 Å². The second-order valence-corrected chi connectivity index (χ2v) is 4.40. The van der Waals surface area contributed by atoms with E-state index < -0.39 is 36.7 Å². The number of aliphatic hydroxyl groups excluding tert-OH is 3. The summed E-state index contributed by atoms with van der Waals surface area (Å²) in [7, 11) is 0. The second kappa shape index (κ2) is 5.11. The summed E-state index contributed by atoms with van der Waals surface area (Å²) in [4.78, 5) is 12.1. The lowest BCUT2D eigenvalue weighted by Gasteiger charge is -2.20. The van der Waals surface area contributed by atoms with Crippen LogP contribution in [0.3, 0.4) is 0 Å². The molecule has 1 aliphatic heterocycles. The van der Waals surface area contributed by atoms with Crippen LogP contribution in [0.2, 0.25) is 0 Å². The van der Waals surface area contributed by atoms with Gasteiger partial charge in [-0.1, -0.05) is 0 Å². The molecule has 2 heterocycles. The minimum atomic E-state index is -1.34. The van der Waals surface area contributed by atoms with E-state index in [2.05, 4.69) is 0 Å². The molecule has 2 rings (SSSR count). The van der Waals surface area contributed by atoms with Crippen molar-refractivity contribution in [2.75, 3.05) is 6.61 Å². The largest absolute Gasteiger partial charge is 0.394 e. The van der Waals surface area contributed by atoms with Gasteiger partial charge < -0.3 is 20.1 Å². The summed E-state index contributed by atoms with van der Waals surface area (Å²) in [6, 6.07) is 4.69. The van der Waals surface area contributed by atoms with Gasteiger partial charge in [-0.3, -0.25) is 9.36 Å². The molecule has 7 heteroatoms. The number of rotatable bonds is 2. The SMILES string of the molecule is Cc1ccc(C#N)c(=O)n1[C@@H]1O[C@H](CO)[C@@H](O)[C@H]1O. The molecule has 4 atom stereocenters. The van der Waals surface area contributed by atoms with E-state index in [4.69, 9.17) is 15.1 Å². The third-order valence-corrected chi connectivity index (χ3v) is 3.21. The van der Waals surface area contributed by atoms with Gasteiger partial charge in [-0.25, -0.2) is 0 Å². The average Bonchev–Trinajstić information content (AvgIpc) is 2.67. The van der Waals surface area contributed by atoms with Gasteiger partial charge in [-0.2, -0.15) is 5.26 Å². The molecule has 102 valence electrons. The zero-order valence-corrected chi connectivity index (χ0v) is 10.2. The molecule has 0 radical (unpaired) electrons. The van der Waals surface area contributed by atoms with Gasteiger partial charge in [0.05, 0.1) is 6.61 Å². The monoisotopic (exact) mass is 266 g/mol. The van der Waals surface area contributed by atoms with Crippen LogP contribution >= 0.6 is 0 Å². The zero-order chi connectivity index (χ0) is 14.2. The van der Waals surface area contributed by atoms with Crippen molar-refractivity contribution in [3.8, 4) is 6.07 Å². The summed E-state index contributed by atoms with van der Waals surface area (Å²) in [5, 5.41) is 37.4. The van der Waals surface area contributed by atoms with Crippen molar-refractivity contribution in [1.82, 2.24) is 4.57 Å². The molecule has 1 aromatic rings. The van der Waals surface area contributed by atoms with Crippen LogP contribution < -0.4 is 5.56 Å². The fourth-order valence-corrected chi connectivity index (χ4v) is 2.14.